The summed E-state index contributed by atoms with van der Waals surface area (Å²) in [5.41, 5.74) is 1.71. The maximum atomic E-state index is 12.4. The molecule has 1 amide bonds. The molecule has 1 aliphatic heterocycles. The fraction of sp³-hybridized carbons (Fsp3) is 0.600. The van der Waals surface area contributed by atoms with E-state index in [9.17, 15) is 14.7 Å². The summed E-state index contributed by atoms with van der Waals surface area (Å²) in [5.74, 6) is -0.984. The molecule has 1 aromatic rings. The van der Waals surface area contributed by atoms with Crippen LogP contribution in [0.2, 0.25) is 0 Å². The molecule has 2 rings (SSSR count). The lowest BCUT2D eigenvalue weighted by molar-refractivity contribution is -0.142. The van der Waals surface area contributed by atoms with Gasteiger partial charge in [0, 0.05) is 12.5 Å². The van der Waals surface area contributed by atoms with Crippen LogP contribution >= 0.6 is 0 Å². The molecular weight excluding hydrogens is 318 g/mol. The summed E-state index contributed by atoms with van der Waals surface area (Å²) >= 11 is 0. The van der Waals surface area contributed by atoms with Crippen LogP contribution in [-0.2, 0) is 14.9 Å². The first kappa shape index (κ1) is 19.3. The van der Waals surface area contributed by atoms with Gasteiger partial charge in [0.05, 0.1) is 0 Å². The monoisotopic (exact) mass is 347 g/mol. The van der Waals surface area contributed by atoms with Gasteiger partial charge in [-0.3, -0.25) is 4.90 Å². The third-order valence-corrected chi connectivity index (χ3v) is 4.46. The second-order valence-electron chi connectivity index (χ2n) is 8.79. The van der Waals surface area contributed by atoms with Crippen molar-refractivity contribution in [2.45, 2.75) is 70.9 Å². The number of likely N-dealkylation sites (tertiary alicyclic amines) is 1. The molecule has 0 radical (unpaired) electrons. The lowest BCUT2D eigenvalue weighted by Crippen LogP contribution is -2.43. The second-order valence-corrected chi connectivity index (χ2v) is 8.79. The Labute approximate surface area is 150 Å². The summed E-state index contributed by atoms with van der Waals surface area (Å²) in [6, 6.07) is 7.41. The molecular formula is C20H29NO4. The first-order valence-corrected chi connectivity index (χ1v) is 8.71. The van der Waals surface area contributed by atoms with E-state index in [0.29, 0.717) is 13.0 Å². The molecule has 0 saturated carbocycles. The molecule has 0 aromatic heterocycles. The second kappa shape index (κ2) is 6.70. The van der Waals surface area contributed by atoms with Gasteiger partial charge in [-0.05, 0) is 43.7 Å². The number of amides is 1. The van der Waals surface area contributed by atoms with Crippen LogP contribution in [-0.4, -0.2) is 40.3 Å². The zero-order valence-electron chi connectivity index (χ0n) is 16.0. The van der Waals surface area contributed by atoms with Crippen molar-refractivity contribution in [3.8, 4) is 0 Å². The van der Waals surface area contributed by atoms with Crippen LogP contribution in [0.15, 0.2) is 24.3 Å². The Bertz CT molecular complexity index is 637. The number of carbonyl (C=O) groups is 2. The van der Waals surface area contributed by atoms with Crippen molar-refractivity contribution in [1.82, 2.24) is 4.90 Å². The summed E-state index contributed by atoms with van der Waals surface area (Å²) < 4.78 is 5.37. The van der Waals surface area contributed by atoms with E-state index in [2.05, 4.69) is 32.9 Å². The van der Waals surface area contributed by atoms with Gasteiger partial charge >= 0.3 is 12.1 Å². The minimum Gasteiger partial charge on any atom is -0.480 e. The Hall–Kier alpha value is -2.04. The van der Waals surface area contributed by atoms with Crippen molar-refractivity contribution in [1.29, 1.82) is 0 Å². The number of hydrogen-bond acceptors (Lipinski definition) is 3. The highest BCUT2D eigenvalue weighted by Gasteiger charge is 2.42. The van der Waals surface area contributed by atoms with Gasteiger partial charge in [0.1, 0.15) is 11.6 Å². The average Bonchev–Trinajstić information content (AvgIpc) is 2.90. The predicted molar refractivity (Wildman–Crippen MR) is 96.9 cm³/mol. The Morgan fingerprint density at radius 1 is 1.08 bits per heavy atom. The van der Waals surface area contributed by atoms with Gasteiger partial charge in [0.2, 0.25) is 0 Å². The highest BCUT2D eigenvalue weighted by molar-refractivity contribution is 5.81. The van der Waals surface area contributed by atoms with Crippen LogP contribution in [0, 0.1) is 0 Å². The SMILES string of the molecule is CC(C)(C)OC(=O)N1C[C@@H](c2ccc(C(C)(C)C)cc2)C[C@H]1C(=O)O. The molecule has 1 fully saturated rings. The van der Waals surface area contributed by atoms with Crippen LogP contribution in [0.4, 0.5) is 4.79 Å². The Morgan fingerprint density at radius 3 is 2.08 bits per heavy atom. The van der Waals surface area contributed by atoms with E-state index in [1.54, 1.807) is 20.8 Å². The molecule has 0 aliphatic carbocycles. The van der Waals surface area contributed by atoms with Crippen molar-refractivity contribution in [2.75, 3.05) is 6.54 Å². The third kappa shape index (κ3) is 4.74. The predicted octanol–water partition coefficient (Wildman–Crippen LogP) is 4.16. The van der Waals surface area contributed by atoms with Crippen LogP contribution in [0.1, 0.15) is 65.0 Å². The maximum Gasteiger partial charge on any atom is 0.411 e. The van der Waals surface area contributed by atoms with Crippen LogP contribution in [0.25, 0.3) is 0 Å². The minimum absolute atomic E-state index is 0.00244. The summed E-state index contributed by atoms with van der Waals surface area (Å²) in [7, 11) is 0. The van der Waals surface area contributed by atoms with E-state index in [0.717, 1.165) is 5.56 Å². The van der Waals surface area contributed by atoms with E-state index >= 15 is 0 Å². The largest absolute Gasteiger partial charge is 0.480 e. The summed E-state index contributed by atoms with van der Waals surface area (Å²) in [4.78, 5) is 25.3. The first-order chi connectivity index (χ1) is 11.4. The van der Waals surface area contributed by atoms with Crippen molar-refractivity contribution in [2.24, 2.45) is 0 Å². The third-order valence-electron chi connectivity index (χ3n) is 4.46. The topological polar surface area (TPSA) is 66.8 Å². The number of carboxylic acid groups (broad SMARTS) is 1. The summed E-state index contributed by atoms with van der Waals surface area (Å²) in [6.45, 7) is 12.2. The molecule has 1 aromatic carbocycles. The standard InChI is InChI=1S/C20H29NO4/c1-19(2,3)15-9-7-13(8-10-15)14-11-16(17(22)23)21(12-14)18(24)25-20(4,5)6/h7-10,14,16H,11-12H2,1-6H3,(H,22,23)/t14-,16-/m0/s1. The molecule has 138 valence electrons. The van der Waals surface area contributed by atoms with Gasteiger partial charge in [-0.25, -0.2) is 9.59 Å². The fourth-order valence-corrected chi connectivity index (χ4v) is 3.09. The van der Waals surface area contributed by atoms with Gasteiger partial charge in [-0.1, -0.05) is 45.0 Å². The molecule has 1 saturated heterocycles. The van der Waals surface area contributed by atoms with Gasteiger partial charge < -0.3 is 9.84 Å². The fourth-order valence-electron chi connectivity index (χ4n) is 3.09. The van der Waals surface area contributed by atoms with Gasteiger partial charge in [-0.2, -0.15) is 0 Å². The Morgan fingerprint density at radius 2 is 1.64 bits per heavy atom. The van der Waals surface area contributed by atoms with Crippen molar-refractivity contribution in [3.05, 3.63) is 35.4 Å². The van der Waals surface area contributed by atoms with E-state index < -0.39 is 23.7 Å². The van der Waals surface area contributed by atoms with E-state index in [1.807, 2.05) is 12.1 Å². The van der Waals surface area contributed by atoms with Crippen LogP contribution in [0.3, 0.4) is 0 Å². The number of ether oxygens (including phenoxy) is 1. The molecule has 0 unspecified atom stereocenters. The van der Waals surface area contributed by atoms with Crippen LogP contribution in [0.5, 0.6) is 0 Å². The number of benzene rings is 1. The normalized spacial score (nSPS) is 21.3. The van der Waals surface area contributed by atoms with E-state index in [-0.39, 0.29) is 11.3 Å². The molecule has 5 nitrogen and oxygen atoms in total. The molecule has 1 heterocycles. The van der Waals surface area contributed by atoms with Crippen LogP contribution < -0.4 is 0 Å². The Kier molecular flexibility index (Phi) is 5.17. The molecule has 2 atom stereocenters. The van der Waals surface area contributed by atoms with E-state index in [1.165, 1.54) is 10.5 Å². The number of carboxylic acids is 1. The maximum absolute atomic E-state index is 12.4. The number of hydrogen-bond donors (Lipinski definition) is 1. The van der Waals surface area contributed by atoms with Gasteiger partial charge in [0.15, 0.2) is 0 Å². The minimum atomic E-state index is -0.986. The van der Waals surface area contributed by atoms with E-state index in [4.69, 9.17) is 4.74 Å². The number of aliphatic carboxylic acids is 1. The number of carbonyl (C=O) groups excluding carboxylic acids is 1. The molecule has 1 aliphatic rings. The molecule has 0 spiro atoms. The lowest BCUT2D eigenvalue weighted by atomic mass is 9.85. The number of rotatable bonds is 2. The highest BCUT2D eigenvalue weighted by atomic mass is 16.6. The molecule has 1 N–H and O–H groups in total. The Balaban J connectivity index is 2.19. The average molecular weight is 347 g/mol. The smallest absolute Gasteiger partial charge is 0.411 e. The van der Waals surface area contributed by atoms with Gasteiger partial charge in [-0.15, -0.1) is 0 Å². The molecule has 0 bridgehead atoms. The number of nitrogens with zero attached hydrogens (tertiary/aromatic N) is 1. The highest BCUT2D eigenvalue weighted by Crippen LogP contribution is 2.34. The molecule has 25 heavy (non-hydrogen) atoms. The van der Waals surface area contributed by atoms with Crippen molar-refractivity contribution < 1.29 is 19.4 Å². The lowest BCUT2D eigenvalue weighted by Gasteiger charge is -2.26. The quantitative estimate of drug-likeness (QED) is 0.872. The van der Waals surface area contributed by atoms with Crippen molar-refractivity contribution in [3.63, 3.8) is 0 Å². The summed E-state index contributed by atoms with van der Waals surface area (Å²) in [6.07, 6.45) is -0.155. The zero-order valence-corrected chi connectivity index (χ0v) is 16.0. The zero-order chi connectivity index (χ0) is 19.0. The molecule has 5 heteroatoms. The van der Waals surface area contributed by atoms with Crippen molar-refractivity contribution >= 4 is 12.1 Å². The first-order valence-electron chi connectivity index (χ1n) is 8.71. The summed E-state index contributed by atoms with van der Waals surface area (Å²) in [5, 5.41) is 9.50. The van der Waals surface area contributed by atoms with Gasteiger partial charge in [0.25, 0.3) is 0 Å².